The van der Waals surface area contributed by atoms with Gasteiger partial charge in [-0.15, -0.1) is 11.8 Å². The van der Waals surface area contributed by atoms with Gasteiger partial charge in [0.2, 0.25) is 0 Å². The van der Waals surface area contributed by atoms with E-state index in [-0.39, 0.29) is 4.75 Å². The molecule has 18 heavy (non-hydrogen) atoms. The minimum absolute atomic E-state index is 0.121. The third-order valence-electron chi connectivity index (χ3n) is 2.34. The van der Waals surface area contributed by atoms with Crippen LogP contribution in [-0.4, -0.2) is 10.7 Å². The summed E-state index contributed by atoms with van der Waals surface area (Å²) in [7, 11) is 0. The molecule has 3 heteroatoms. The van der Waals surface area contributed by atoms with Crippen molar-refractivity contribution in [3.63, 3.8) is 0 Å². The number of pyridine rings is 1. The lowest BCUT2D eigenvalue weighted by Gasteiger charge is -2.17. The normalized spacial score (nSPS) is 13.2. The molecule has 0 spiro atoms. The minimum atomic E-state index is -0.121. The van der Waals surface area contributed by atoms with Gasteiger partial charge in [0.15, 0.2) is 0 Å². The van der Waals surface area contributed by atoms with Crippen molar-refractivity contribution in [1.82, 2.24) is 4.98 Å². The van der Waals surface area contributed by atoms with Crippen molar-refractivity contribution in [2.45, 2.75) is 39.4 Å². The number of hydrogen-bond donors (Lipinski definition) is 1. The van der Waals surface area contributed by atoms with Crippen molar-refractivity contribution >= 4 is 30.5 Å². The van der Waals surface area contributed by atoms with E-state index in [0.717, 1.165) is 11.4 Å². The fourth-order valence-corrected chi connectivity index (χ4v) is 2.31. The van der Waals surface area contributed by atoms with Gasteiger partial charge in [-0.2, -0.15) is 12.6 Å². The summed E-state index contributed by atoms with van der Waals surface area (Å²) in [5.41, 5.74) is 2.55. The Balaban J connectivity index is 2.66. The molecule has 1 aromatic rings. The molecule has 0 aromatic carbocycles. The van der Waals surface area contributed by atoms with Gasteiger partial charge in [-0.1, -0.05) is 20.8 Å². The first-order valence-electron chi connectivity index (χ1n) is 6.15. The van der Waals surface area contributed by atoms with Crippen LogP contribution in [0.15, 0.2) is 23.7 Å². The summed E-state index contributed by atoms with van der Waals surface area (Å²) >= 11 is 6.41. The average Bonchev–Trinajstić information content (AvgIpc) is 2.22. The Kier molecular flexibility index (Phi) is 5.35. The van der Waals surface area contributed by atoms with Crippen molar-refractivity contribution in [2.75, 3.05) is 5.75 Å². The van der Waals surface area contributed by atoms with Crippen molar-refractivity contribution < 1.29 is 0 Å². The third kappa shape index (κ3) is 5.96. The average molecular weight is 281 g/mol. The smallest absolute Gasteiger partial charge is 0.0637 e. The Bertz CT molecular complexity index is 411. The molecule has 1 rings (SSSR count). The molecule has 0 saturated heterocycles. The van der Waals surface area contributed by atoms with E-state index in [9.17, 15) is 0 Å². The van der Waals surface area contributed by atoms with E-state index in [1.807, 2.05) is 24.0 Å². The van der Waals surface area contributed by atoms with E-state index >= 15 is 0 Å². The van der Waals surface area contributed by atoms with E-state index in [0.29, 0.717) is 5.41 Å². The Morgan fingerprint density at radius 1 is 1.28 bits per heavy atom. The van der Waals surface area contributed by atoms with E-state index in [4.69, 9.17) is 0 Å². The maximum absolute atomic E-state index is 4.58. The molecule has 0 bridgehead atoms. The summed E-state index contributed by atoms with van der Waals surface area (Å²) in [6.45, 7) is 10.9. The molecule has 1 nitrogen and oxygen atoms in total. The standard InChI is InChI=1S/C15H23NS2/c1-14(2,3)11-18-9-7-13-10-12(6-8-16-13)15(4,5)17/h6-10,17H,11H2,1-5H3/b9-7+. The van der Waals surface area contributed by atoms with Crippen molar-refractivity contribution in [2.24, 2.45) is 5.41 Å². The van der Waals surface area contributed by atoms with Crippen molar-refractivity contribution in [3.8, 4) is 0 Å². The number of thiol groups is 1. The van der Waals surface area contributed by atoms with Crippen molar-refractivity contribution in [1.29, 1.82) is 0 Å². The maximum atomic E-state index is 4.58. The van der Waals surface area contributed by atoms with Crippen LogP contribution in [-0.2, 0) is 4.75 Å². The molecule has 0 unspecified atom stereocenters. The molecule has 1 aromatic heterocycles. The largest absolute Gasteiger partial charge is 0.257 e. The molecule has 0 aliphatic rings. The fourth-order valence-electron chi connectivity index (χ4n) is 1.34. The molecule has 0 N–H and O–H groups in total. The fraction of sp³-hybridized carbons (Fsp3) is 0.533. The van der Waals surface area contributed by atoms with Crippen molar-refractivity contribution in [3.05, 3.63) is 35.0 Å². The molecule has 0 aliphatic carbocycles. The Morgan fingerprint density at radius 3 is 2.50 bits per heavy atom. The lowest BCUT2D eigenvalue weighted by Crippen LogP contribution is -2.08. The summed E-state index contributed by atoms with van der Waals surface area (Å²) < 4.78 is -0.121. The van der Waals surface area contributed by atoms with Crippen LogP contribution >= 0.6 is 24.4 Å². The van der Waals surface area contributed by atoms with Crippen LogP contribution in [0.2, 0.25) is 0 Å². The molecular formula is C15H23NS2. The molecule has 0 saturated carbocycles. The van der Waals surface area contributed by atoms with Gasteiger partial charge in [0.05, 0.1) is 5.69 Å². The molecule has 0 radical (unpaired) electrons. The van der Waals surface area contributed by atoms with Crippen LogP contribution in [0.1, 0.15) is 45.9 Å². The highest BCUT2D eigenvalue weighted by Crippen LogP contribution is 2.27. The van der Waals surface area contributed by atoms with Gasteiger partial charge in [0.1, 0.15) is 0 Å². The van der Waals surface area contributed by atoms with Gasteiger partial charge < -0.3 is 0 Å². The Morgan fingerprint density at radius 2 is 1.94 bits per heavy atom. The molecule has 0 fully saturated rings. The monoisotopic (exact) mass is 281 g/mol. The topological polar surface area (TPSA) is 12.9 Å². The van der Waals surface area contributed by atoms with Crippen LogP contribution in [0.4, 0.5) is 0 Å². The van der Waals surface area contributed by atoms with Crippen LogP contribution in [0.25, 0.3) is 6.08 Å². The molecule has 0 amide bonds. The summed E-state index contributed by atoms with van der Waals surface area (Å²) in [6.07, 6.45) is 3.92. The van der Waals surface area contributed by atoms with Crippen LogP contribution < -0.4 is 0 Å². The summed E-state index contributed by atoms with van der Waals surface area (Å²) in [4.78, 5) is 4.35. The molecule has 1 heterocycles. The number of rotatable bonds is 4. The SMILES string of the molecule is CC(C)(C)CS/C=C/c1cc(C(C)(C)S)ccn1. The van der Waals surface area contributed by atoms with Gasteiger partial charge in [-0.05, 0) is 48.4 Å². The number of hydrogen-bond acceptors (Lipinski definition) is 3. The first-order chi connectivity index (χ1) is 8.18. The summed E-state index contributed by atoms with van der Waals surface area (Å²) in [5.74, 6) is 1.11. The zero-order valence-corrected chi connectivity index (χ0v) is 13.6. The van der Waals surface area contributed by atoms with E-state index < -0.39 is 0 Å². The highest BCUT2D eigenvalue weighted by atomic mass is 32.2. The van der Waals surface area contributed by atoms with E-state index in [2.05, 4.69) is 69.8 Å². The van der Waals surface area contributed by atoms with Crippen LogP contribution in [0.3, 0.4) is 0 Å². The number of aromatic nitrogens is 1. The summed E-state index contributed by atoms with van der Waals surface area (Å²) in [5, 5.41) is 2.13. The lowest BCUT2D eigenvalue weighted by atomic mass is 10.0. The predicted octanol–water partition coefficient (Wildman–Crippen LogP) is 5.00. The summed E-state index contributed by atoms with van der Waals surface area (Å²) in [6, 6.07) is 4.12. The zero-order chi connectivity index (χ0) is 13.8. The zero-order valence-electron chi connectivity index (χ0n) is 11.9. The first kappa shape index (κ1) is 15.6. The van der Waals surface area contributed by atoms with Crippen LogP contribution in [0, 0.1) is 5.41 Å². The molecule has 100 valence electrons. The second-order valence-electron chi connectivity index (χ2n) is 6.20. The van der Waals surface area contributed by atoms with E-state index in [1.165, 1.54) is 5.56 Å². The highest BCUT2D eigenvalue weighted by Gasteiger charge is 2.14. The molecule has 0 atom stereocenters. The highest BCUT2D eigenvalue weighted by molar-refractivity contribution is 8.02. The molecule has 0 aliphatic heterocycles. The minimum Gasteiger partial charge on any atom is -0.257 e. The number of thioether (sulfide) groups is 1. The van der Waals surface area contributed by atoms with Gasteiger partial charge >= 0.3 is 0 Å². The van der Waals surface area contributed by atoms with Gasteiger partial charge in [0, 0.05) is 16.7 Å². The second-order valence-corrected chi connectivity index (χ2v) is 8.22. The molecular weight excluding hydrogens is 258 g/mol. The third-order valence-corrected chi connectivity index (χ3v) is 3.96. The van der Waals surface area contributed by atoms with Gasteiger partial charge in [0.25, 0.3) is 0 Å². The predicted molar refractivity (Wildman–Crippen MR) is 87.2 cm³/mol. The second kappa shape index (κ2) is 6.16. The Labute approximate surface area is 121 Å². The maximum Gasteiger partial charge on any atom is 0.0637 e. The Hall–Kier alpha value is -0.410. The van der Waals surface area contributed by atoms with Gasteiger partial charge in [-0.25, -0.2) is 0 Å². The first-order valence-corrected chi connectivity index (χ1v) is 7.65. The van der Waals surface area contributed by atoms with Gasteiger partial charge in [-0.3, -0.25) is 4.98 Å². The van der Waals surface area contributed by atoms with E-state index in [1.54, 1.807) is 0 Å². The van der Waals surface area contributed by atoms with Crippen LogP contribution in [0.5, 0.6) is 0 Å². The number of nitrogens with zero attached hydrogens (tertiary/aromatic N) is 1. The quantitative estimate of drug-likeness (QED) is 0.780. The lowest BCUT2D eigenvalue weighted by molar-refractivity contribution is 0.481.